The fourth-order valence-corrected chi connectivity index (χ4v) is 5.40. The van der Waals surface area contributed by atoms with E-state index in [4.69, 9.17) is 9.47 Å². The van der Waals surface area contributed by atoms with Gasteiger partial charge in [0, 0.05) is 33.3 Å². The molecule has 1 heterocycles. The highest BCUT2D eigenvalue weighted by molar-refractivity contribution is 8.00. The van der Waals surface area contributed by atoms with E-state index in [1.54, 1.807) is 78.3 Å². The molecule has 3 N–H and O–H groups in total. The number of hydrogen-bond donors (Lipinski definition) is 3. The van der Waals surface area contributed by atoms with E-state index < -0.39 is 11.8 Å². The predicted molar refractivity (Wildman–Crippen MR) is 167 cm³/mol. The molecular formula is C31H30N4O5S2. The van der Waals surface area contributed by atoms with Crippen LogP contribution in [0.5, 0.6) is 11.5 Å². The fraction of sp³-hybridized carbons (Fsp3) is 0.161. The number of carbonyl (C=O) groups excluding carboxylic acids is 3. The summed E-state index contributed by atoms with van der Waals surface area (Å²) in [6.07, 6.45) is 3.77. The molecule has 0 spiro atoms. The number of hydrogen-bond acceptors (Lipinski definition) is 8. The Hall–Kier alpha value is -4.61. The first-order chi connectivity index (χ1) is 20.4. The van der Waals surface area contributed by atoms with Crippen LogP contribution >= 0.6 is 23.1 Å². The Bertz CT molecular complexity index is 1560. The third-order valence-electron chi connectivity index (χ3n) is 5.96. The first-order valence-electron chi connectivity index (χ1n) is 13.0. The van der Waals surface area contributed by atoms with E-state index in [2.05, 4.69) is 20.9 Å². The van der Waals surface area contributed by atoms with Crippen LogP contribution < -0.4 is 25.4 Å². The third kappa shape index (κ3) is 8.21. The molecule has 1 unspecified atom stereocenters. The van der Waals surface area contributed by atoms with Gasteiger partial charge in [-0.1, -0.05) is 31.2 Å². The van der Waals surface area contributed by atoms with Crippen LogP contribution in [0.15, 0.2) is 95.0 Å². The molecular weight excluding hydrogens is 572 g/mol. The van der Waals surface area contributed by atoms with Gasteiger partial charge in [0.05, 0.1) is 19.5 Å². The Labute approximate surface area is 252 Å². The average molecular weight is 603 g/mol. The molecule has 0 saturated heterocycles. The minimum absolute atomic E-state index is 0.00252. The van der Waals surface area contributed by atoms with Gasteiger partial charge in [-0.3, -0.25) is 14.4 Å². The summed E-state index contributed by atoms with van der Waals surface area (Å²) in [6, 6.07) is 21.0. The Morgan fingerprint density at radius 3 is 2.48 bits per heavy atom. The molecule has 0 aliphatic carbocycles. The van der Waals surface area contributed by atoms with Crippen LogP contribution in [0, 0.1) is 0 Å². The van der Waals surface area contributed by atoms with Gasteiger partial charge in [-0.25, -0.2) is 4.98 Å². The van der Waals surface area contributed by atoms with Crippen LogP contribution in [0.1, 0.15) is 29.3 Å². The number of rotatable bonds is 12. The first-order valence-corrected chi connectivity index (χ1v) is 14.7. The van der Waals surface area contributed by atoms with Crippen molar-refractivity contribution in [2.24, 2.45) is 0 Å². The molecule has 1 aromatic heterocycles. The lowest BCUT2D eigenvalue weighted by atomic mass is 10.1. The number of carbonyl (C=O) groups is 3. The number of benzene rings is 3. The minimum atomic E-state index is -0.542. The topological polar surface area (TPSA) is 119 Å². The second-order valence-corrected chi connectivity index (χ2v) is 11.0. The summed E-state index contributed by atoms with van der Waals surface area (Å²) in [6.45, 7) is 1.93. The van der Waals surface area contributed by atoms with E-state index in [0.29, 0.717) is 39.9 Å². The van der Waals surface area contributed by atoms with Gasteiger partial charge in [0.2, 0.25) is 5.91 Å². The van der Waals surface area contributed by atoms with Gasteiger partial charge in [-0.15, -0.1) is 23.1 Å². The normalized spacial score (nSPS) is 11.7. The minimum Gasteiger partial charge on any atom is -0.497 e. The lowest BCUT2D eigenvalue weighted by molar-refractivity contribution is -0.116. The molecule has 0 aliphatic rings. The molecule has 4 aromatic rings. The molecule has 216 valence electrons. The van der Waals surface area contributed by atoms with Gasteiger partial charge >= 0.3 is 0 Å². The van der Waals surface area contributed by atoms with Crippen LogP contribution in [0.2, 0.25) is 0 Å². The Kier molecular flexibility index (Phi) is 10.7. The van der Waals surface area contributed by atoms with Crippen LogP contribution in [0.4, 0.5) is 10.8 Å². The van der Waals surface area contributed by atoms with Gasteiger partial charge in [0.25, 0.3) is 11.8 Å². The summed E-state index contributed by atoms with van der Waals surface area (Å²) in [5, 5.41) is 10.4. The SMILES string of the molecule is CCC(Sc1cccc(NC(=O)/C(=C\c2cc(OC)ccc2OC)NC(=O)c2ccccc2)c1)C(=O)Nc1nccs1. The molecule has 0 saturated carbocycles. The molecule has 0 fully saturated rings. The molecule has 42 heavy (non-hydrogen) atoms. The highest BCUT2D eigenvalue weighted by Crippen LogP contribution is 2.30. The highest BCUT2D eigenvalue weighted by Gasteiger charge is 2.20. The van der Waals surface area contributed by atoms with E-state index in [-0.39, 0.29) is 16.9 Å². The number of nitrogens with zero attached hydrogens (tertiary/aromatic N) is 1. The number of aromatic nitrogens is 1. The van der Waals surface area contributed by atoms with Crippen LogP contribution in [0.3, 0.4) is 0 Å². The standard InChI is InChI=1S/C31H30N4O5S2/c1-4-27(30(38)35-31-32-15-16-41-31)42-24-12-8-11-22(19-24)33-29(37)25(34-28(36)20-9-6-5-7-10-20)18-21-17-23(39-2)13-14-26(21)40-3/h5-19,27H,4H2,1-3H3,(H,33,37)(H,34,36)(H,32,35,38)/b25-18+. The second kappa shape index (κ2) is 14.9. The maximum atomic E-state index is 13.6. The smallest absolute Gasteiger partial charge is 0.272 e. The lowest BCUT2D eigenvalue weighted by Gasteiger charge is -2.15. The van der Waals surface area contributed by atoms with Crippen molar-refractivity contribution in [1.29, 1.82) is 0 Å². The van der Waals surface area contributed by atoms with E-state index in [1.807, 2.05) is 13.0 Å². The number of anilines is 2. The van der Waals surface area contributed by atoms with Crippen molar-refractivity contribution < 1.29 is 23.9 Å². The third-order valence-corrected chi connectivity index (χ3v) is 8.01. The van der Waals surface area contributed by atoms with Gasteiger partial charge in [-0.05, 0) is 61.0 Å². The quantitative estimate of drug-likeness (QED) is 0.133. The zero-order chi connectivity index (χ0) is 29.9. The number of amides is 3. The molecule has 0 aliphatic heterocycles. The van der Waals surface area contributed by atoms with E-state index in [0.717, 1.165) is 4.90 Å². The molecule has 3 aromatic carbocycles. The number of nitrogens with one attached hydrogen (secondary N) is 3. The van der Waals surface area contributed by atoms with Gasteiger partial charge in [0.1, 0.15) is 17.2 Å². The average Bonchev–Trinajstić information content (AvgIpc) is 3.53. The summed E-state index contributed by atoms with van der Waals surface area (Å²) in [5.41, 5.74) is 1.44. The number of thiazole rings is 1. The zero-order valence-corrected chi connectivity index (χ0v) is 24.9. The first kappa shape index (κ1) is 30.4. The Morgan fingerprint density at radius 2 is 1.79 bits per heavy atom. The molecule has 0 radical (unpaired) electrons. The van der Waals surface area contributed by atoms with E-state index in [1.165, 1.54) is 43.4 Å². The summed E-state index contributed by atoms with van der Waals surface area (Å²) in [5.74, 6) is -0.0755. The van der Waals surface area contributed by atoms with Crippen molar-refractivity contribution in [1.82, 2.24) is 10.3 Å². The summed E-state index contributed by atoms with van der Waals surface area (Å²) in [4.78, 5) is 44.3. The van der Waals surface area contributed by atoms with Gasteiger partial charge < -0.3 is 25.4 Å². The lowest BCUT2D eigenvalue weighted by Crippen LogP contribution is -2.30. The van der Waals surface area contributed by atoms with Crippen LogP contribution in [-0.2, 0) is 9.59 Å². The zero-order valence-electron chi connectivity index (χ0n) is 23.2. The molecule has 4 rings (SSSR count). The molecule has 11 heteroatoms. The van der Waals surface area contributed by atoms with E-state index in [9.17, 15) is 14.4 Å². The van der Waals surface area contributed by atoms with Crippen molar-refractivity contribution in [2.75, 3.05) is 24.9 Å². The molecule has 1 atom stereocenters. The second-order valence-electron chi connectivity index (χ2n) is 8.81. The molecule has 3 amide bonds. The fourth-order valence-electron chi connectivity index (χ4n) is 3.85. The maximum absolute atomic E-state index is 13.6. The Morgan fingerprint density at radius 1 is 0.976 bits per heavy atom. The van der Waals surface area contributed by atoms with Crippen LogP contribution in [-0.4, -0.2) is 42.2 Å². The number of ether oxygens (including phenoxy) is 2. The molecule has 9 nitrogen and oxygen atoms in total. The van der Waals surface area contributed by atoms with Crippen molar-refractivity contribution in [3.8, 4) is 11.5 Å². The van der Waals surface area contributed by atoms with Gasteiger partial charge in [-0.2, -0.15) is 0 Å². The largest absolute Gasteiger partial charge is 0.497 e. The van der Waals surface area contributed by atoms with E-state index >= 15 is 0 Å². The van der Waals surface area contributed by atoms with Crippen molar-refractivity contribution >= 4 is 57.7 Å². The van der Waals surface area contributed by atoms with Gasteiger partial charge in [0.15, 0.2) is 5.13 Å². The predicted octanol–water partition coefficient (Wildman–Crippen LogP) is 6.08. The summed E-state index contributed by atoms with van der Waals surface area (Å²) in [7, 11) is 3.06. The number of methoxy groups -OCH3 is 2. The maximum Gasteiger partial charge on any atom is 0.272 e. The van der Waals surface area contributed by atoms with Crippen molar-refractivity contribution in [2.45, 2.75) is 23.5 Å². The van der Waals surface area contributed by atoms with Crippen molar-refractivity contribution in [3.63, 3.8) is 0 Å². The molecule has 0 bridgehead atoms. The monoisotopic (exact) mass is 602 g/mol. The number of thioether (sulfide) groups is 1. The summed E-state index contributed by atoms with van der Waals surface area (Å²) >= 11 is 2.74. The summed E-state index contributed by atoms with van der Waals surface area (Å²) < 4.78 is 10.8. The highest BCUT2D eigenvalue weighted by atomic mass is 32.2. The van der Waals surface area contributed by atoms with Crippen molar-refractivity contribution in [3.05, 3.63) is 101 Å². The van der Waals surface area contributed by atoms with Crippen LogP contribution in [0.25, 0.3) is 6.08 Å². The Balaban J connectivity index is 1.57.